The average molecular weight is 285 g/mol. The van der Waals surface area contributed by atoms with Gasteiger partial charge in [0.25, 0.3) is 0 Å². The Labute approximate surface area is 124 Å². The molecule has 0 aromatic heterocycles. The van der Waals surface area contributed by atoms with E-state index in [2.05, 4.69) is 39.6 Å². The first-order valence-electron chi connectivity index (χ1n) is 7.41. The van der Waals surface area contributed by atoms with Crippen LogP contribution in [0.4, 0.5) is 0 Å². The lowest BCUT2D eigenvalue weighted by Crippen LogP contribution is -2.41. The zero-order valence-corrected chi connectivity index (χ0v) is 14.1. The number of hydrogen-bond acceptors (Lipinski definition) is 5. The van der Waals surface area contributed by atoms with Gasteiger partial charge in [0.1, 0.15) is 0 Å². The van der Waals surface area contributed by atoms with Crippen molar-refractivity contribution in [1.29, 1.82) is 0 Å². The molecule has 0 aromatic rings. The van der Waals surface area contributed by atoms with E-state index in [0.717, 1.165) is 26.3 Å². The molecule has 7 heteroatoms. The van der Waals surface area contributed by atoms with Crippen molar-refractivity contribution in [3.8, 4) is 0 Å². The fourth-order valence-corrected chi connectivity index (χ4v) is 2.05. The molecular weight excluding hydrogens is 256 g/mol. The highest BCUT2D eigenvalue weighted by Gasteiger charge is 2.48. The second-order valence-electron chi connectivity index (χ2n) is 6.44. The van der Waals surface area contributed by atoms with Crippen molar-refractivity contribution in [2.24, 2.45) is 0 Å². The normalized spacial score (nSPS) is 26.6. The lowest BCUT2D eigenvalue weighted by molar-refractivity contribution is 0.00578. The Balaban J connectivity index is 0.000000200. The summed E-state index contributed by atoms with van der Waals surface area (Å²) in [5, 5.41) is 0. The maximum atomic E-state index is 5.54. The van der Waals surface area contributed by atoms with E-state index in [1.165, 1.54) is 0 Å². The molecule has 2 saturated heterocycles. The number of likely N-dealkylation sites (N-methyl/N-ethyl adjacent to an activating group) is 1. The van der Waals surface area contributed by atoms with Crippen LogP contribution in [0.25, 0.3) is 0 Å². The lowest BCUT2D eigenvalue weighted by atomic mass is 9.90. The first-order chi connectivity index (χ1) is 9.14. The molecule has 0 N–H and O–H groups in total. The highest BCUT2D eigenvalue weighted by atomic mass is 16.7. The monoisotopic (exact) mass is 285 g/mol. The summed E-state index contributed by atoms with van der Waals surface area (Å²) in [5.41, 5.74) is -0.321. The molecule has 0 bridgehead atoms. The van der Waals surface area contributed by atoms with E-state index < -0.39 is 0 Å². The molecule has 5 nitrogen and oxygen atoms in total. The molecule has 0 saturated carbocycles. The van der Waals surface area contributed by atoms with E-state index in [9.17, 15) is 0 Å². The molecule has 2 heterocycles. The molecule has 2 aliphatic heterocycles. The SMILES string of the molecule is CB1OC(C)(C)C(C)(C)O1.CB1OCCN(C)CCO1. The van der Waals surface area contributed by atoms with Gasteiger partial charge in [0.2, 0.25) is 0 Å². The molecule has 0 aromatic carbocycles. The van der Waals surface area contributed by atoms with Gasteiger partial charge in [-0.1, -0.05) is 0 Å². The standard InChI is InChI=1S/C7H15BO2.C6H14BNO2/c1-6(2)7(3,4)10-8(5)9-6;1-7-9-5-3-8(2)4-6-10-7/h1-5H3;3-6H2,1-2H3. The highest BCUT2D eigenvalue weighted by Crippen LogP contribution is 2.36. The second kappa shape index (κ2) is 7.27. The van der Waals surface area contributed by atoms with E-state index in [1.807, 2.05) is 13.6 Å². The molecule has 20 heavy (non-hydrogen) atoms. The van der Waals surface area contributed by atoms with Gasteiger partial charge in [-0.15, -0.1) is 0 Å². The van der Waals surface area contributed by atoms with Crippen molar-refractivity contribution in [3.05, 3.63) is 0 Å². The van der Waals surface area contributed by atoms with Crippen LogP contribution in [0.2, 0.25) is 13.6 Å². The van der Waals surface area contributed by atoms with Crippen LogP contribution in [0.3, 0.4) is 0 Å². The summed E-state index contributed by atoms with van der Waals surface area (Å²) in [6.07, 6.45) is 0. The Morgan fingerprint density at radius 2 is 1.20 bits per heavy atom. The van der Waals surface area contributed by atoms with Gasteiger partial charge in [-0.25, -0.2) is 0 Å². The first-order valence-corrected chi connectivity index (χ1v) is 7.41. The van der Waals surface area contributed by atoms with Crippen LogP contribution in [0, 0.1) is 0 Å². The van der Waals surface area contributed by atoms with Crippen LogP contribution in [0.15, 0.2) is 0 Å². The Morgan fingerprint density at radius 3 is 1.50 bits per heavy atom. The molecular formula is C13H29B2NO4. The molecule has 0 unspecified atom stereocenters. The topological polar surface area (TPSA) is 40.2 Å². The fourth-order valence-electron chi connectivity index (χ4n) is 2.05. The van der Waals surface area contributed by atoms with Crippen molar-refractivity contribution in [2.75, 3.05) is 33.4 Å². The lowest BCUT2D eigenvalue weighted by Gasteiger charge is -2.32. The Hall–Kier alpha value is -0.0701. The van der Waals surface area contributed by atoms with Crippen LogP contribution in [0.5, 0.6) is 0 Å². The molecule has 0 amide bonds. The summed E-state index contributed by atoms with van der Waals surface area (Å²) in [6, 6.07) is 0. The second-order valence-corrected chi connectivity index (χ2v) is 6.44. The van der Waals surface area contributed by atoms with Gasteiger partial charge in [0.05, 0.1) is 11.2 Å². The van der Waals surface area contributed by atoms with E-state index in [0.29, 0.717) is 0 Å². The predicted octanol–water partition coefficient (Wildman–Crippen LogP) is 1.79. The van der Waals surface area contributed by atoms with Crippen molar-refractivity contribution < 1.29 is 18.6 Å². The minimum Gasteiger partial charge on any atom is -0.410 e. The number of nitrogens with zero attached hydrogens (tertiary/aromatic N) is 1. The smallest absolute Gasteiger partial charge is 0.410 e. The van der Waals surface area contributed by atoms with Gasteiger partial charge in [-0.05, 0) is 48.4 Å². The summed E-state index contributed by atoms with van der Waals surface area (Å²) in [5.74, 6) is 0. The van der Waals surface area contributed by atoms with Gasteiger partial charge >= 0.3 is 14.2 Å². The maximum absolute atomic E-state index is 5.54. The van der Waals surface area contributed by atoms with Crippen LogP contribution >= 0.6 is 0 Å². The minimum absolute atomic E-state index is 0.0197. The van der Waals surface area contributed by atoms with E-state index in [1.54, 1.807) is 0 Å². The molecule has 2 rings (SSSR count). The Bertz CT molecular complexity index is 266. The van der Waals surface area contributed by atoms with Crippen molar-refractivity contribution >= 4 is 14.2 Å². The summed E-state index contributed by atoms with van der Waals surface area (Å²) in [4.78, 5) is 2.20. The summed E-state index contributed by atoms with van der Waals surface area (Å²) < 4.78 is 21.7. The number of hydrogen-bond donors (Lipinski definition) is 0. The maximum Gasteiger partial charge on any atom is 0.454 e. The third-order valence-corrected chi connectivity index (χ3v) is 4.02. The summed E-state index contributed by atoms with van der Waals surface area (Å²) in [7, 11) is 1.99. The van der Waals surface area contributed by atoms with Crippen molar-refractivity contribution in [2.45, 2.75) is 52.5 Å². The number of rotatable bonds is 0. The predicted molar refractivity (Wildman–Crippen MR) is 83.0 cm³/mol. The molecule has 2 aliphatic rings. The molecule has 0 spiro atoms. The summed E-state index contributed by atoms with van der Waals surface area (Å²) in [6.45, 7) is 15.6. The van der Waals surface area contributed by atoms with Gasteiger partial charge in [-0.2, -0.15) is 0 Å². The highest BCUT2D eigenvalue weighted by molar-refractivity contribution is 6.43. The largest absolute Gasteiger partial charge is 0.454 e. The zero-order valence-electron chi connectivity index (χ0n) is 14.1. The summed E-state index contributed by atoms with van der Waals surface area (Å²) >= 11 is 0. The van der Waals surface area contributed by atoms with E-state index >= 15 is 0 Å². The fraction of sp³-hybridized carbons (Fsp3) is 1.00. The van der Waals surface area contributed by atoms with Crippen LogP contribution in [-0.4, -0.2) is 63.7 Å². The van der Waals surface area contributed by atoms with Gasteiger partial charge < -0.3 is 23.5 Å². The van der Waals surface area contributed by atoms with E-state index in [4.69, 9.17) is 18.6 Å². The molecule has 0 atom stereocenters. The molecule has 0 radical (unpaired) electrons. The third-order valence-electron chi connectivity index (χ3n) is 4.02. The van der Waals surface area contributed by atoms with Gasteiger partial charge in [-0.3, -0.25) is 0 Å². The third kappa shape index (κ3) is 5.37. The zero-order chi connectivity index (χ0) is 15.4. The molecule has 0 aliphatic carbocycles. The van der Waals surface area contributed by atoms with E-state index in [-0.39, 0.29) is 25.4 Å². The Morgan fingerprint density at radius 1 is 0.800 bits per heavy atom. The van der Waals surface area contributed by atoms with Gasteiger partial charge in [0.15, 0.2) is 0 Å². The van der Waals surface area contributed by atoms with Gasteiger partial charge in [0, 0.05) is 26.3 Å². The Kier molecular flexibility index (Phi) is 6.54. The molecule has 116 valence electrons. The van der Waals surface area contributed by atoms with Crippen molar-refractivity contribution in [3.63, 3.8) is 0 Å². The van der Waals surface area contributed by atoms with Crippen LogP contribution in [-0.2, 0) is 18.6 Å². The average Bonchev–Trinajstić information content (AvgIpc) is 2.43. The molecule has 2 fully saturated rings. The minimum atomic E-state index is -0.160. The van der Waals surface area contributed by atoms with Crippen LogP contribution in [0.1, 0.15) is 27.7 Å². The first kappa shape index (κ1) is 18.0. The van der Waals surface area contributed by atoms with Crippen molar-refractivity contribution in [1.82, 2.24) is 4.90 Å². The quantitative estimate of drug-likeness (QED) is 0.635. The van der Waals surface area contributed by atoms with Crippen LogP contribution < -0.4 is 0 Å².